The van der Waals surface area contributed by atoms with Gasteiger partial charge in [-0.1, -0.05) is 13.8 Å². The number of carbonyl (C=O) groups is 1. The number of methoxy groups -OCH3 is 1. The Bertz CT molecular complexity index is 781. The summed E-state index contributed by atoms with van der Waals surface area (Å²) in [5.74, 6) is -0.0672. The Morgan fingerprint density at radius 2 is 1.96 bits per heavy atom. The van der Waals surface area contributed by atoms with E-state index in [1.807, 2.05) is 20.8 Å². The topological polar surface area (TPSA) is 111 Å². The molecule has 0 aliphatic carbocycles. The van der Waals surface area contributed by atoms with Gasteiger partial charge < -0.3 is 20.5 Å². The number of hydrogen-bond acceptors (Lipinski definition) is 6. The molecular formula is C18H30ClN3O5S. The van der Waals surface area contributed by atoms with Gasteiger partial charge in [0, 0.05) is 25.2 Å². The third-order valence-electron chi connectivity index (χ3n) is 5.11. The lowest BCUT2D eigenvalue weighted by atomic mass is 9.88. The van der Waals surface area contributed by atoms with Gasteiger partial charge in [-0.25, -0.2) is 8.42 Å². The molecule has 28 heavy (non-hydrogen) atoms. The van der Waals surface area contributed by atoms with E-state index >= 15 is 0 Å². The highest BCUT2D eigenvalue weighted by Crippen LogP contribution is 2.29. The molecule has 1 aromatic rings. The Kier molecular flexibility index (Phi) is 8.70. The number of nitrogens with two attached hydrogens (primary N) is 1. The van der Waals surface area contributed by atoms with Crippen LogP contribution in [0.3, 0.4) is 0 Å². The van der Waals surface area contributed by atoms with Crippen molar-refractivity contribution < 1.29 is 22.7 Å². The fraction of sp³-hybridized carbons (Fsp3) is 0.611. The van der Waals surface area contributed by atoms with Crippen molar-refractivity contribution in [2.45, 2.75) is 31.2 Å². The molecule has 1 fully saturated rings. The smallest absolute Gasteiger partial charge is 0.251 e. The summed E-state index contributed by atoms with van der Waals surface area (Å²) in [6.07, 6.45) is 0. The van der Waals surface area contributed by atoms with Gasteiger partial charge in [-0.05, 0) is 31.0 Å². The van der Waals surface area contributed by atoms with Crippen LogP contribution < -0.4 is 15.8 Å². The minimum absolute atomic E-state index is 0. The maximum Gasteiger partial charge on any atom is 0.251 e. The molecule has 10 heteroatoms. The van der Waals surface area contributed by atoms with Crippen LogP contribution in [0.2, 0.25) is 0 Å². The summed E-state index contributed by atoms with van der Waals surface area (Å²) in [6, 6.07) is 4.40. The lowest BCUT2D eigenvalue weighted by Crippen LogP contribution is -2.55. The van der Waals surface area contributed by atoms with E-state index in [4.69, 9.17) is 15.2 Å². The van der Waals surface area contributed by atoms with Crippen LogP contribution in [-0.2, 0) is 14.8 Å². The van der Waals surface area contributed by atoms with Crippen LogP contribution in [-0.4, -0.2) is 64.1 Å². The molecule has 1 aromatic carbocycles. The van der Waals surface area contributed by atoms with Crippen molar-refractivity contribution >= 4 is 28.3 Å². The highest BCUT2D eigenvalue weighted by atomic mass is 35.5. The summed E-state index contributed by atoms with van der Waals surface area (Å²) < 4.78 is 37.9. The highest BCUT2D eigenvalue weighted by Gasteiger charge is 2.32. The number of morpholine rings is 1. The number of benzene rings is 1. The molecule has 8 nitrogen and oxygen atoms in total. The molecule has 1 atom stereocenters. The third kappa shape index (κ3) is 5.15. The van der Waals surface area contributed by atoms with Crippen molar-refractivity contribution in [2.24, 2.45) is 11.7 Å². The first-order valence-electron chi connectivity index (χ1n) is 8.94. The van der Waals surface area contributed by atoms with Crippen LogP contribution in [0.25, 0.3) is 0 Å². The fourth-order valence-electron chi connectivity index (χ4n) is 2.71. The Balaban J connectivity index is 0.00000392. The lowest BCUT2D eigenvalue weighted by Gasteiger charge is -2.33. The number of ether oxygens (including phenoxy) is 2. The van der Waals surface area contributed by atoms with Crippen molar-refractivity contribution in [2.75, 3.05) is 40.0 Å². The second-order valence-corrected chi connectivity index (χ2v) is 9.02. The van der Waals surface area contributed by atoms with Gasteiger partial charge in [-0.2, -0.15) is 4.31 Å². The first-order chi connectivity index (χ1) is 12.7. The Morgan fingerprint density at radius 3 is 2.46 bits per heavy atom. The molecule has 0 aromatic heterocycles. The number of halogens is 1. The average Bonchev–Trinajstić information content (AvgIpc) is 2.67. The van der Waals surface area contributed by atoms with E-state index in [2.05, 4.69) is 5.32 Å². The predicted molar refractivity (Wildman–Crippen MR) is 110 cm³/mol. The molecule has 1 aliphatic heterocycles. The fourth-order valence-corrected chi connectivity index (χ4v) is 4.30. The molecule has 0 saturated carbocycles. The van der Waals surface area contributed by atoms with Crippen molar-refractivity contribution in [3.63, 3.8) is 0 Å². The van der Waals surface area contributed by atoms with Crippen molar-refractivity contribution in [1.29, 1.82) is 0 Å². The monoisotopic (exact) mass is 435 g/mol. The van der Waals surface area contributed by atoms with Crippen molar-refractivity contribution in [1.82, 2.24) is 9.62 Å². The molecule has 160 valence electrons. The largest absolute Gasteiger partial charge is 0.495 e. The van der Waals surface area contributed by atoms with Crippen molar-refractivity contribution in [3.8, 4) is 5.75 Å². The second kappa shape index (κ2) is 9.89. The molecule has 1 saturated heterocycles. The number of nitrogens with zero attached hydrogens (tertiary/aromatic N) is 1. The molecule has 2 rings (SSSR count). The molecule has 3 N–H and O–H groups in total. The minimum atomic E-state index is -3.80. The van der Waals surface area contributed by atoms with Gasteiger partial charge in [0.1, 0.15) is 10.6 Å². The Hall–Kier alpha value is -1.39. The average molecular weight is 436 g/mol. The number of amides is 1. The molecule has 0 radical (unpaired) electrons. The zero-order valence-corrected chi connectivity index (χ0v) is 18.4. The molecule has 1 unspecified atom stereocenters. The zero-order chi connectivity index (χ0) is 20.2. The summed E-state index contributed by atoms with van der Waals surface area (Å²) in [5, 5.41) is 2.92. The molecule has 0 bridgehead atoms. The van der Waals surface area contributed by atoms with Crippen LogP contribution in [0.5, 0.6) is 5.75 Å². The van der Waals surface area contributed by atoms with Gasteiger partial charge in [-0.15, -0.1) is 12.4 Å². The van der Waals surface area contributed by atoms with E-state index in [0.29, 0.717) is 13.2 Å². The molecule has 1 heterocycles. The van der Waals surface area contributed by atoms with Gasteiger partial charge in [0.15, 0.2) is 0 Å². The maximum absolute atomic E-state index is 13.0. The number of carbonyl (C=O) groups excluding carboxylic acids is 1. The van der Waals surface area contributed by atoms with E-state index < -0.39 is 15.6 Å². The first-order valence-corrected chi connectivity index (χ1v) is 10.4. The summed E-state index contributed by atoms with van der Waals surface area (Å²) >= 11 is 0. The number of rotatable bonds is 7. The van der Waals surface area contributed by atoms with Crippen LogP contribution >= 0.6 is 12.4 Å². The van der Waals surface area contributed by atoms with E-state index in [-0.39, 0.29) is 60.1 Å². The predicted octanol–water partition coefficient (Wildman–Crippen LogP) is 1.24. The van der Waals surface area contributed by atoms with Gasteiger partial charge in [0.05, 0.1) is 25.9 Å². The summed E-state index contributed by atoms with van der Waals surface area (Å²) in [7, 11) is -2.40. The van der Waals surface area contributed by atoms with Crippen LogP contribution in [0.4, 0.5) is 0 Å². The van der Waals surface area contributed by atoms with E-state index in [1.165, 1.54) is 23.5 Å². The normalized spacial score (nSPS) is 17.5. The Labute approximate surface area is 173 Å². The van der Waals surface area contributed by atoms with Crippen LogP contribution in [0.1, 0.15) is 31.1 Å². The Morgan fingerprint density at radius 1 is 1.36 bits per heavy atom. The van der Waals surface area contributed by atoms with E-state index in [0.717, 1.165) is 0 Å². The third-order valence-corrected chi connectivity index (χ3v) is 7.03. The van der Waals surface area contributed by atoms with Gasteiger partial charge in [0.25, 0.3) is 5.91 Å². The van der Waals surface area contributed by atoms with E-state index in [1.54, 1.807) is 6.07 Å². The summed E-state index contributed by atoms with van der Waals surface area (Å²) in [6.45, 7) is 7.28. The van der Waals surface area contributed by atoms with Crippen LogP contribution in [0, 0.1) is 5.92 Å². The summed E-state index contributed by atoms with van der Waals surface area (Å²) in [4.78, 5) is 12.7. The molecule has 0 spiro atoms. The quantitative estimate of drug-likeness (QED) is 0.666. The lowest BCUT2D eigenvalue weighted by molar-refractivity contribution is 0.0729. The number of nitrogens with one attached hydrogen (secondary N) is 1. The zero-order valence-electron chi connectivity index (χ0n) is 16.7. The molecule has 1 amide bonds. The highest BCUT2D eigenvalue weighted by molar-refractivity contribution is 7.89. The minimum Gasteiger partial charge on any atom is -0.495 e. The molecule has 1 aliphatic rings. The SMILES string of the molecule is COc1ccc(C(=O)NC(C)(CN)C(C)C)cc1S(=O)(=O)N1CCOCC1.Cl. The van der Waals surface area contributed by atoms with Crippen LogP contribution in [0.15, 0.2) is 23.1 Å². The van der Waals surface area contributed by atoms with Crippen molar-refractivity contribution in [3.05, 3.63) is 23.8 Å². The summed E-state index contributed by atoms with van der Waals surface area (Å²) in [5.41, 5.74) is 5.47. The number of hydrogen-bond donors (Lipinski definition) is 2. The van der Waals surface area contributed by atoms with E-state index in [9.17, 15) is 13.2 Å². The van der Waals surface area contributed by atoms with Gasteiger partial charge in [0.2, 0.25) is 10.0 Å². The number of sulfonamides is 1. The van der Waals surface area contributed by atoms with Gasteiger partial charge in [-0.3, -0.25) is 4.79 Å². The maximum atomic E-state index is 13.0. The molecular weight excluding hydrogens is 406 g/mol. The standard InChI is InChI=1S/C18H29N3O5S.ClH/c1-13(2)18(3,12-19)20-17(22)14-5-6-15(25-4)16(11-14)27(23,24)21-7-9-26-10-8-21;/h5-6,11,13H,7-10,12,19H2,1-4H3,(H,20,22);1H. The second-order valence-electron chi connectivity index (χ2n) is 7.11. The van der Waals surface area contributed by atoms with Gasteiger partial charge >= 0.3 is 0 Å². The first kappa shape index (κ1) is 24.6.